The molecular formula is C10H20N6. The van der Waals surface area contributed by atoms with Gasteiger partial charge in [-0.05, 0) is 13.3 Å². The van der Waals surface area contributed by atoms with E-state index in [-0.39, 0.29) is 0 Å². The topological polar surface area (TPSA) is 80.3 Å². The maximum atomic E-state index is 5.36. The van der Waals surface area contributed by atoms with Crippen LogP contribution in [-0.2, 0) is 13.6 Å². The number of nitrogens with two attached hydrogens (primary N) is 1. The molecular weight excluding hydrogens is 204 g/mol. The minimum atomic E-state index is 0.579. The SMILES string of the molecule is CCCNC(=NCc1cn(C)nc1C)NN. The van der Waals surface area contributed by atoms with Crippen molar-refractivity contribution in [3.05, 3.63) is 17.5 Å². The summed E-state index contributed by atoms with van der Waals surface area (Å²) in [5.74, 6) is 5.97. The standard InChI is InChI=1S/C10H20N6/c1-4-5-12-10(14-11)13-6-9-7-16(3)15-8(9)2/h7H,4-6,11H2,1-3H3,(H2,12,13,14). The van der Waals surface area contributed by atoms with Crippen LogP contribution in [0, 0.1) is 6.92 Å². The van der Waals surface area contributed by atoms with Crippen LogP contribution in [0.4, 0.5) is 0 Å². The number of nitrogens with zero attached hydrogens (tertiary/aromatic N) is 3. The van der Waals surface area contributed by atoms with Gasteiger partial charge in [-0.15, -0.1) is 0 Å². The van der Waals surface area contributed by atoms with Crippen molar-refractivity contribution in [2.45, 2.75) is 26.8 Å². The highest BCUT2D eigenvalue weighted by atomic mass is 15.3. The highest BCUT2D eigenvalue weighted by Gasteiger charge is 2.02. The Bertz CT molecular complexity index is 354. The Kier molecular flexibility index (Phi) is 4.78. The zero-order chi connectivity index (χ0) is 12.0. The number of nitrogens with one attached hydrogen (secondary N) is 2. The molecule has 0 saturated carbocycles. The van der Waals surface area contributed by atoms with Crippen LogP contribution in [0.3, 0.4) is 0 Å². The molecule has 1 aromatic rings. The van der Waals surface area contributed by atoms with E-state index in [4.69, 9.17) is 5.84 Å². The summed E-state index contributed by atoms with van der Waals surface area (Å²) in [7, 11) is 1.90. The third-order valence-electron chi connectivity index (χ3n) is 2.20. The van der Waals surface area contributed by atoms with Crippen molar-refractivity contribution in [2.75, 3.05) is 6.54 Å². The fraction of sp³-hybridized carbons (Fsp3) is 0.600. The second-order valence-electron chi connectivity index (χ2n) is 3.65. The molecule has 0 fully saturated rings. The Morgan fingerprint density at radius 3 is 2.88 bits per heavy atom. The lowest BCUT2D eigenvalue weighted by atomic mass is 10.3. The number of hydrogen-bond acceptors (Lipinski definition) is 3. The summed E-state index contributed by atoms with van der Waals surface area (Å²) in [5.41, 5.74) is 4.65. The molecule has 0 atom stereocenters. The number of rotatable bonds is 4. The lowest BCUT2D eigenvalue weighted by Crippen LogP contribution is -2.41. The monoisotopic (exact) mass is 224 g/mol. The molecule has 0 saturated heterocycles. The molecule has 0 aliphatic heterocycles. The number of hydrogen-bond donors (Lipinski definition) is 3. The third-order valence-corrected chi connectivity index (χ3v) is 2.20. The molecule has 0 bridgehead atoms. The molecule has 0 aliphatic rings. The van der Waals surface area contributed by atoms with Crippen molar-refractivity contribution in [3.8, 4) is 0 Å². The van der Waals surface area contributed by atoms with Crippen LogP contribution in [-0.4, -0.2) is 22.3 Å². The average molecular weight is 224 g/mol. The van der Waals surface area contributed by atoms with E-state index in [1.165, 1.54) is 0 Å². The van der Waals surface area contributed by atoms with E-state index in [1.807, 2.05) is 20.2 Å². The highest BCUT2D eigenvalue weighted by Crippen LogP contribution is 2.05. The molecule has 6 heteroatoms. The van der Waals surface area contributed by atoms with Crippen molar-refractivity contribution in [1.82, 2.24) is 20.5 Å². The summed E-state index contributed by atoms with van der Waals surface area (Å²) in [6.07, 6.45) is 3.00. The Hall–Kier alpha value is -1.56. The predicted octanol–water partition coefficient (Wildman–Crippen LogP) is 0.0474. The number of hydrazine groups is 1. The molecule has 4 N–H and O–H groups in total. The maximum Gasteiger partial charge on any atom is 0.206 e. The van der Waals surface area contributed by atoms with Gasteiger partial charge in [0.25, 0.3) is 0 Å². The number of aliphatic imine (C=N–C) groups is 1. The minimum Gasteiger partial charge on any atom is -0.355 e. The Morgan fingerprint density at radius 1 is 1.62 bits per heavy atom. The van der Waals surface area contributed by atoms with E-state index in [2.05, 4.69) is 27.8 Å². The molecule has 1 aromatic heterocycles. The highest BCUT2D eigenvalue weighted by molar-refractivity contribution is 5.79. The van der Waals surface area contributed by atoms with E-state index in [0.29, 0.717) is 12.5 Å². The second kappa shape index (κ2) is 6.12. The minimum absolute atomic E-state index is 0.579. The molecule has 0 amide bonds. The first kappa shape index (κ1) is 12.5. The summed E-state index contributed by atoms with van der Waals surface area (Å²) in [6.45, 7) is 5.50. The van der Waals surface area contributed by atoms with Gasteiger partial charge < -0.3 is 5.32 Å². The zero-order valence-corrected chi connectivity index (χ0v) is 10.1. The van der Waals surface area contributed by atoms with Gasteiger partial charge in [-0.2, -0.15) is 5.10 Å². The Morgan fingerprint density at radius 2 is 2.38 bits per heavy atom. The third kappa shape index (κ3) is 3.54. The number of guanidine groups is 1. The van der Waals surface area contributed by atoms with Gasteiger partial charge in [-0.25, -0.2) is 10.8 Å². The molecule has 6 nitrogen and oxygen atoms in total. The zero-order valence-electron chi connectivity index (χ0n) is 10.1. The Balaban J connectivity index is 2.59. The maximum absolute atomic E-state index is 5.36. The van der Waals surface area contributed by atoms with Crippen LogP contribution in [0.2, 0.25) is 0 Å². The first-order valence-corrected chi connectivity index (χ1v) is 5.41. The largest absolute Gasteiger partial charge is 0.355 e. The van der Waals surface area contributed by atoms with Crippen molar-refractivity contribution in [3.63, 3.8) is 0 Å². The van der Waals surface area contributed by atoms with Gasteiger partial charge in [0.2, 0.25) is 5.96 Å². The summed E-state index contributed by atoms with van der Waals surface area (Å²) >= 11 is 0. The molecule has 16 heavy (non-hydrogen) atoms. The van der Waals surface area contributed by atoms with Crippen LogP contribution < -0.4 is 16.6 Å². The quantitative estimate of drug-likeness (QED) is 0.292. The van der Waals surface area contributed by atoms with Crippen LogP contribution in [0.25, 0.3) is 0 Å². The van der Waals surface area contributed by atoms with E-state index in [9.17, 15) is 0 Å². The summed E-state index contributed by atoms with van der Waals surface area (Å²) < 4.78 is 1.79. The first-order chi connectivity index (χ1) is 7.67. The summed E-state index contributed by atoms with van der Waals surface area (Å²) in [6, 6.07) is 0. The van der Waals surface area contributed by atoms with E-state index < -0.39 is 0 Å². The van der Waals surface area contributed by atoms with Gasteiger partial charge in [0, 0.05) is 25.4 Å². The van der Waals surface area contributed by atoms with Gasteiger partial charge in [0.1, 0.15) is 0 Å². The van der Waals surface area contributed by atoms with Gasteiger partial charge in [0.05, 0.1) is 12.2 Å². The van der Waals surface area contributed by atoms with Crippen LogP contribution in [0.5, 0.6) is 0 Å². The molecule has 0 unspecified atom stereocenters. The first-order valence-electron chi connectivity index (χ1n) is 5.41. The smallest absolute Gasteiger partial charge is 0.206 e. The van der Waals surface area contributed by atoms with Crippen LogP contribution in [0.1, 0.15) is 24.6 Å². The molecule has 0 aliphatic carbocycles. The summed E-state index contributed by atoms with van der Waals surface area (Å²) in [4.78, 5) is 4.34. The van der Waals surface area contributed by atoms with Crippen LogP contribution in [0.15, 0.2) is 11.2 Å². The van der Waals surface area contributed by atoms with Gasteiger partial charge in [-0.1, -0.05) is 6.92 Å². The van der Waals surface area contributed by atoms with Crippen LogP contribution >= 0.6 is 0 Å². The molecule has 0 aromatic carbocycles. The van der Waals surface area contributed by atoms with Gasteiger partial charge >= 0.3 is 0 Å². The van der Waals surface area contributed by atoms with E-state index in [1.54, 1.807) is 4.68 Å². The fourth-order valence-electron chi connectivity index (χ4n) is 1.36. The van der Waals surface area contributed by atoms with Crippen molar-refractivity contribution < 1.29 is 0 Å². The molecule has 1 heterocycles. The lowest BCUT2D eigenvalue weighted by Gasteiger charge is -2.07. The Labute approximate surface area is 95.9 Å². The molecule has 90 valence electrons. The number of aromatic nitrogens is 2. The molecule has 1 rings (SSSR count). The van der Waals surface area contributed by atoms with Crippen molar-refractivity contribution in [1.29, 1.82) is 0 Å². The molecule has 0 spiro atoms. The molecule has 0 radical (unpaired) electrons. The van der Waals surface area contributed by atoms with Gasteiger partial charge in [0.15, 0.2) is 0 Å². The van der Waals surface area contributed by atoms with E-state index >= 15 is 0 Å². The predicted molar refractivity (Wildman–Crippen MR) is 64.7 cm³/mol. The fourth-order valence-corrected chi connectivity index (χ4v) is 1.36. The average Bonchev–Trinajstić information content (AvgIpc) is 2.58. The van der Waals surface area contributed by atoms with Gasteiger partial charge in [-0.3, -0.25) is 10.1 Å². The lowest BCUT2D eigenvalue weighted by molar-refractivity contribution is 0.756. The summed E-state index contributed by atoms with van der Waals surface area (Å²) in [5, 5.41) is 7.35. The number of aryl methyl sites for hydroxylation is 2. The second-order valence-corrected chi connectivity index (χ2v) is 3.65. The normalized spacial score (nSPS) is 11.6. The van der Waals surface area contributed by atoms with Crippen molar-refractivity contribution in [2.24, 2.45) is 17.9 Å². The van der Waals surface area contributed by atoms with Crippen molar-refractivity contribution >= 4 is 5.96 Å². The van der Waals surface area contributed by atoms with E-state index in [0.717, 1.165) is 24.2 Å².